The molecule has 2 atom stereocenters. The number of hydrogen-bond donors (Lipinski definition) is 1. The largest absolute Gasteiger partial charge is 0.493 e. The predicted octanol–water partition coefficient (Wildman–Crippen LogP) is 1.63. The second kappa shape index (κ2) is 5.15. The van der Waals surface area contributed by atoms with Gasteiger partial charge in [0.25, 0.3) is 0 Å². The summed E-state index contributed by atoms with van der Waals surface area (Å²) in [7, 11) is 0. The van der Waals surface area contributed by atoms with Gasteiger partial charge in [0.2, 0.25) is 5.91 Å². The number of carboxylic acid groups (broad SMARTS) is 1. The fraction of sp³-hybridized carbons (Fsp3) is 0.467. The van der Waals surface area contributed by atoms with Gasteiger partial charge in [-0.2, -0.15) is 0 Å². The molecule has 0 aliphatic carbocycles. The van der Waals surface area contributed by atoms with Crippen LogP contribution in [-0.4, -0.2) is 41.1 Å². The number of ether oxygens (including phenoxy) is 1. The third kappa shape index (κ3) is 2.24. The molecule has 106 valence electrons. The van der Waals surface area contributed by atoms with Crippen molar-refractivity contribution in [2.24, 2.45) is 0 Å². The van der Waals surface area contributed by atoms with Crippen molar-refractivity contribution in [2.75, 3.05) is 13.2 Å². The van der Waals surface area contributed by atoms with E-state index in [9.17, 15) is 14.7 Å². The van der Waals surface area contributed by atoms with E-state index < -0.39 is 12.0 Å². The average Bonchev–Trinajstić information content (AvgIpc) is 2.81. The van der Waals surface area contributed by atoms with E-state index in [1.54, 1.807) is 0 Å². The third-order valence-electron chi connectivity index (χ3n) is 4.11. The van der Waals surface area contributed by atoms with E-state index in [1.807, 2.05) is 24.3 Å². The number of rotatable bonds is 3. The van der Waals surface area contributed by atoms with Crippen LogP contribution in [-0.2, 0) is 9.59 Å². The normalized spacial score (nSPS) is 25.2. The monoisotopic (exact) mass is 275 g/mol. The minimum absolute atomic E-state index is 0.0543. The first-order valence-corrected chi connectivity index (χ1v) is 6.91. The van der Waals surface area contributed by atoms with Gasteiger partial charge in [-0.1, -0.05) is 18.2 Å². The topological polar surface area (TPSA) is 66.8 Å². The minimum Gasteiger partial charge on any atom is -0.493 e. The zero-order chi connectivity index (χ0) is 14.1. The summed E-state index contributed by atoms with van der Waals surface area (Å²) in [5.41, 5.74) is 1.07. The van der Waals surface area contributed by atoms with Gasteiger partial charge in [0.15, 0.2) is 0 Å². The number of para-hydroxylation sites is 1. The fourth-order valence-corrected chi connectivity index (χ4v) is 3.06. The second-order valence-electron chi connectivity index (χ2n) is 5.31. The Hall–Kier alpha value is -2.04. The summed E-state index contributed by atoms with van der Waals surface area (Å²) in [6.07, 6.45) is 1.56. The number of amides is 1. The van der Waals surface area contributed by atoms with Crippen LogP contribution in [0, 0.1) is 0 Å². The standard InChI is InChI=1S/C15H17NO4/c17-14-6-5-12(15(18)19)16(14)9-10-7-8-20-13-4-2-1-3-11(10)13/h1-4,10,12H,5-9H2,(H,18,19). The molecule has 5 heteroatoms. The summed E-state index contributed by atoms with van der Waals surface area (Å²) in [4.78, 5) is 24.7. The lowest BCUT2D eigenvalue weighted by molar-refractivity contribution is -0.146. The number of aliphatic carboxylic acids is 1. The molecule has 1 aromatic rings. The number of fused-ring (bicyclic) bond motifs is 1. The molecule has 2 aliphatic rings. The lowest BCUT2D eigenvalue weighted by Crippen LogP contribution is -2.41. The number of nitrogens with zero attached hydrogens (tertiary/aromatic N) is 1. The molecule has 0 aromatic heterocycles. The van der Waals surface area contributed by atoms with Crippen molar-refractivity contribution in [3.05, 3.63) is 29.8 Å². The first-order chi connectivity index (χ1) is 9.66. The Balaban J connectivity index is 1.81. The van der Waals surface area contributed by atoms with Crippen LogP contribution in [0.25, 0.3) is 0 Å². The molecule has 0 bridgehead atoms. The Labute approximate surface area is 117 Å². The highest BCUT2D eigenvalue weighted by Crippen LogP contribution is 2.35. The lowest BCUT2D eigenvalue weighted by Gasteiger charge is -2.31. The lowest BCUT2D eigenvalue weighted by atomic mass is 9.92. The smallest absolute Gasteiger partial charge is 0.326 e. The van der Waals surface area contributed by atoms with Crippen molar-refractivity contribution in [3.63, 3.8) is 0 Å². The number of carboxylic acids is 1. The zero-order valence-corrected chi connectivity index (χ0v) is 11.1. The summed E-state index contributed by atoms with van der Waals surface area (Å²) in [6, 6.07) is 7.11. The van der Waals surface area contributed by atoms with Gasteiger partial charge in [-0.3, -0.25) is 4.79 Å². The molecule has 1 aromatic carbocycles. The predicted molar refractivity (Wildman–Crippen MR) is 71.7 cm³/mol. The Morgan fingerprint density at radius 3 is 2.95 bits per heavy atom. The Morgan fingerprint density at radius 1 is 1.35 bits per heavy atom. The van der Waals surface area contributed by atoms with E-state index in [2.05, 4.69) is 0 Å². The number of likely N-dealkylation sites (tertiary alicyclic amines) is 1. The molecular weight excluding hydrogens is 258 g/mol. The highest BCUT2D eigenvalue weighted by Gasteiger charge is 2.38. The molecule has 1 saturated heterocycles. The van der Waals surface area contributed by atoms with Crippen molar-refractivity contribution in [1.29, 1.82) is 0 Å². The molecule has 1 N–H and O–H groups in total. The molecule has 0 saturated carbocycles. The molecule has 0 radical (unpaired) electrons. The van der Waals surface area contributed by atoms with Gasteiger partial charge in [-0.15, -0.1) is 0 Å². The van der Waals surface area contributed by atoms with E-state index in [0.29, 0.717) is 26.0 Å². The Kier molecular flexibility index (Phi) is 3.34. The molecule has 0 spiro atoms. The fourth-order valence-electron chi connectivity index (χ4n) is 3.06. The highest BCUT2D eigenvalue weighted by atomic mass is 16.5. The van der Waals surface area contributed by atoms with Gasteiger partial charge >= 0.3 is 5.97 Å². The summed E-state index contributed by atoms with van der Waals surface area (Å²) in [5.74, 6) is 0.0451. The molecule has 1 fully saturated rings. The second-order valence-corrected chi connectivity index (χ2v) is 5.31. The molecule has 20 heavy (non-hydrogen) atoms. The van der Waals surface area contributed by atoms with Crippen molar-refractivity contribution >= 4 is 11.9 Å². The summed E-state index contributed by atoms with van der Waals surface area (Å²) >= 11 is 0. The maximum Gasteiger partial charge on any atom is 0.326 e. The van der Waals surface area contributed by atoms with E-state index in [0.717, 1.165) is 17.7 Å². The van der Waals surface area contributed by atoms with Crippen LogP contribution in [0.15, 0.2) is 24.3 Å². The average molecular weight is 275 g/mol. The van der Waals surface area contributed by atoms with Crippen molar-refractivity contribution in [2.45, 2.75) is 31.2 Å². The number of hydrogen-bond acceptors (Lipinski definition) is 3. The first kappa shape index (κ1) is 13.0. The highest BCUT2D eigenvalue weighted by molar-refractivity contribution is 5.87. The Morgan fingerprint density at radius 2 is 2.15 bits per heavy atom. The van der Waals surface area contributed by atoms with Gasteiger partial charge < -0.3 is 14.7 Å². The number of carbonyl (C=O) groups excluding carboxylic acids is 1. The Bertz CT molecular complexity index is 542. The van der Waals surface area contributed by atoms with Crippen LogP contribution in [0.3, 0.4) is 0 Å². The van der Waals surface area contributed by atoms with Crippen molar-refractivity contribution < 1.29 is 19.4 Å². The van der Waals surface area contributed by atoms with E-state index >= 15 is 0 Å². The van der Waals surface area contributed by atoms with Crippen LogP contribution in [0.1, 0.15) is 30.7 Å². The zero-order valence-electron chi connectivity index (χ0n) is 11.1. The third-order valence-corrected chi connectivity index (χ3v) is 4.11. The molecular formula is C15H17NO4. The van der Waals surface area contributed by atoms with E-state index in [4.69, 9.17) is 4.74 Å². The van der Waals surface area contributed by atoms with Gasteiger partial charge in [0, 0.05) is 18.9 Å². The molecule has 2 aliphatic heterocycles. The summed E-state index contributed by atoms with van der Waals surface area (Å²) in [5, 5.41) is 9.21. The molecule has 3 rings (SSSR count). The van der Waals surface area contributed by atoms with Gasteiger partial charge in [-0.25, -0.2) is 4.79 Å². The SMILES string of the molecule is O=C(O)C1CCC(=O)N1CC1CCOc2ccccc21. The van der Waals surface area contributed by atoms with Gasteiger partial charge in [0.1, 0.15) is 11.8 Å². The summed E-state index contributed by atoms with van der Waals surface area (Å²) < 4.78 is 5.60. The van der Waals surface area contributed by atoms with Gasteiger partial charge in [-0.05, 0) is 24.5 Å². The van der Waals surface area contributed by atoms with E-state index in [1.165, 1.54) is 4.90 Å². The van der Waals surface area contributed by atoms with Crippen molar-refractivity contribution in [3.8, 4) is 5.75 Å². The van der Waals surface area contributed by atoms with Crippen LogP contribution in [0.4, 0.5) is 0 Å². The maximum atomic E-state index is 11.9. The van der Waals surface area contributed by atoms with Crippen LogP contribution < -0.4 is 4.74 Å². The van der Waals surface area contributed by atoms with Gasteiger partial charge in [0.05, 0.1) is 6.61 Å². The molecule has 2 unspecified atom stereocenters. The van der Waals surface area contributed by atoms with Crippen LogP contribution in [0.2, 0.25) is 0 Å². The molecule has 1 amide bonds. The van der Waals surface area contributed by atoms with Crippen LogP contribution >= 0.6 is 0 Å². The number of benzene rings is 1. The van der Waals surface area contributed by atoms with Crippen LogP contribution in [0.5, 0.6) is 5.75 Å². The quantitative estimate of drug-likeness (QED) is 0.910. The molecule has 2 heterocycles. The maximum absolute atomic E-state index is 11.9. The summed E-state index contributed by atoms with van der Waals surface area (Å²) in [6.45, 7) is 1.08. The number of carbonyl (C=O) groups is 2. The van der Waals surface area contributed by atoms with E-state index in [-0.39, 0.29) is 11.8 Å². The minimum atomic E-state index is -0.906. The first-order valence-electron chi connectivity index (χ1n) is 6.91. The molecule has 5 nitrogen and oxygen atoms in total. The van der Waals surface area contributed by atoms with Crippen molar-refractivity contribution in [1.82, 2.24) is 4.90 Å².